The van der Waals surface area contributed by atoms with Gasteiger partial charge in [-0.3, -0.25) is 0 Å². The zero-order chi connectivity index (χ0) is 13.1. The third kappa shape index (κ3) is 3.01. The SMILES string of the molecule is CN(c1nc(N)c(Cl)cc1Cl)C1CCCCCC1. The number of hydrogen-bond donors (Lipinski definition) is 1. The minimum Gasteiger partial charge on any atom is -0.382 e. The van der Waals surface area contributed by atoms with E-state index in [1.807, 2.05) is 7.05 Å². The van der Waals surface area contributed by atoms with Crippen LogP contribution in [0.5, 0.6) is 0 Å². The molecular formula is C13H19Cl2N3. The minimum atomic E-state index is 0.344. The first kappa shape index (κ1) is 13.8. The van der Waals surface area contributed by atoms with Gasteiger partial charge in [0.1, 0.15) is 11.6 Å². The summed E-state index contributed by atoms with van der Waals surface area (Å²) in [4.78, 5) is 6.47. The molecule has 2 rings (SSSR count). The Morgan fingerprint density at radius 1 is 1.17 bits per heavy atom. The maximum atomic E-state index is 6.21. The summed E-state index contributed by atoms with van der Waals surface area (Å²) < 4.78 is 0. The molecule has 0 unspecified atom stereocenters. The van der Waals surface area contributed by atoms with E-state index in [0.29, 0.717) is 21.9 Å². The summed E-state index contributed by atoms with van der Waals surface area (Å²) in [6.45, 7) is 0. The Morgan fingerprint density at radius 2 is 1.78 bits per heavy atom. The number of rotatable bonds is 2. The average molecular weight is 288 g/mol. The maximum Gasteiger partial charge on any atom is 0.149 e. The van der Waals surface area contributed by atoms with Crippen molar-refractivity contribution in [1.29, 1.82) is 0 Å². The second-order valence-corrected chi connectivity index (χ2v) is 5.73. The number of pyridine rings is 1. The molecular weight excluding hydrogens is 269 g/mol. The van der Waals surface area contributed by atoms with Gasteiger partial charge in [0.2, 0.25) is 0 Å². The van der Waals surface area contributed by atoms with Gasteiger partial charge < -0.3 is 10.6 Å². The van der Waals surface area contributed by atoms with Crippen LogP contribution in [0.15, 0.2) is 6.07 Å². The smallest absolute Gasteiger partial charge is 0.149 e. The molecule has 100 valence electrons. The van der Waals surface area contributed by atoms with Crippen molar-refractivity contribution in [2.24, 2.45) is 0 Å². The summed E-state index contributed by atoms with van der Waals surface area (Å²) in [6.07, 6.45) is 7.59. The van der Waals surface area contributed by atoms with Gasteiger partial charge in [-0.15, -0.1) is 0 Å². The highest BCUT2D eigenvalue weighted by Crippen LogP contribution is 2.32. The van der Waals surface area contributed by atoms with Crippen molar-refractivity contribution in [2.75, 3.05) is 17.7 Å². The molecule has 0 spiro atoms. The van der Waals surface area contributed by atoms with Crippen LogP contribution in [-0.4, -0.2) is 18.1 Å². The van der Waals surface area contributed by atoms with Crippen LogP contribution in [0.25, 0.3) is 0 Å². The van der Waals surface area contributed by atoms with E-state index in [1.165, 1.54) is 38.5 Å². The molecule has 0 atom stereocenters. The van der Waals surface area contributed by atoms with Crippen molar-refractivity contribution in [2.45, 2.75) is 44.6 Å². The van der Waals surface area contributed by atoms with E-state index in [9.17, 15) is 0 Å². The summed E-state index contributed by atoms with van der Waals surface area (Å²) in [6, 6.07) is 2.17. The normalized spacial score (nSPS) is 17.5. The second-order valence-electron chi connectivity index (χ2n) is 4.92. The molecule has 1 aliphatic rings. The van der Waals surface area contributed by atoms with Gasteiger partial charge in [0, 0.05) is 13.1 Å². The monoisotopic (exact) mass is 287 g/mol. The molecule has 0 aromatic carbocycles. The van der Waals surface area contributed by atoms with E-state index in [0.717, 1.165) is 5.82 Å². The number of anilines is 2. The average Bonchev–Trinajstić information content (AvgIpc) is 2.61. The first-order chi connectivity index (χ1) is 8.59. The van der Waals surface area contributed by atoms with Crippen LogP contribution in [0.1, 0.15) is 38.5 Å². The third-order valence-electron chi connectivity index (χ3n) is 3.64. The lowest BCUT2D eigenvalue weighted by atomic mass is 10.1. The zero-order valence-corrected chi connectivity index (χ0v) is 12.1. The van der Waals surface area contributed by atoms with Crippen molar-refractivity contribution in [1.82, 2.24) is 4.98 Å². The van der Waals surface area contributed by atoms with Crippen molar-refractivity contribution >= 4 is 34.8 Å². The molecule has 2 N–H and O–H groups in total. The van der Waals surface area contributed by atoms with Crippen LogP contribution in [0.4, 0.5) is 11.6 Å². The topological polar surface area (TPSA) is 42.2 Å². The predicted molar refractivity (Wildman–Crippen MR) is 78.6 cm³/mol. The lowest BCUT2D eigenvalue weighted by molar-refractivity contribution is 0.549. The zero-order valence-electron chi connectivity index (χ0n) is 10.6. The largest absolute Gasteiger partial charge is 0.382 e. The first-order valence-corrected chi connectivity index (χ1v) is 7.19. The van der Waals surface area contributed by atoms with Gasteiger partial charge in [-0.2, -0.15) is 0 Å². The molecule has 1 aromatic rings. The number of nitrogens with two attached hydrogens (primary N) is 1. The fraction of sp³-hybridized carbons (Fsp3) is 0.615. The van der Waals surface area contributed by atoms with E-state index in [2.05, 4.69) is 9.88 Å². The van der Waals surface area contributed by atoms with E-state index >= 15 is 0 Å². The van der Waals surface area contributed by atoms with Crippen LogP contribution in [-0.2, 0) is 0 Å². The van der Waals surface area contributed by atoms with E-state index in [4.69, 9.17) is 28.9 Å². The van der Waals surface area contributed by atoms with Crippen LogP contribution in [0.2, 0.25) is 10.0 Å². The minimum absolute atomic E-state index is 0.344. The Bertz CT molecular complexity index is 415. The number of halogens is 2. The lowest BCUT2D eigenvalue weighted by Crippen LogP contribution is -2.32. The summed E-state index contributed by atoms with van der Waals surface area (Å²) in [5, 5.41) is 0.985. The third-order valence-corrected chi connectivity index (χ3v) is 4.23. The van der Waals surface area contributed by atoms with Crippen LogP contribution < -0.4 is 10.6 Å². The lowest BCUT2D eigenvalue weighted by Gasteiger charge is -2.29. The van der Waals surface area contributed by atoms with Gasteiger partial charge in [-0.1, -0.05) is 48.9 Å². The summed E-state index contributed by atoms with van der Waals surface area (Å²) in [7, 11) is 2.04. The van der Waals surface area contributed by atoms with Gasteiger partial charge in [0.25, 0.3) is 0 Å². The van der Waals surface area contributed by atoms with E-state index in [-0.39, 0.29) is 0 Å². The number of nitrogens with zero attached hydrogens (tertiary/aromatic N) is 2. The fourth-order valence-corrected chi connectivity index (χ4v) is 3.03. The molecule has 1 aromatic heterocycles. The van der Waals surface area contributed by atoms with Crippen molar-refractivity contribution in [3.63, 3.8) is 0 Å². The Hall–Kier alpha value is -0.670. The Morgan fingerprint density at radius 3 is 2.39 bits per heavy atom. The maximum absolute atomic E-state index is 6.21. The quantitative estimate of drug-likeness (QED) is 0.832. The van der Waals surface area contributed by atoms with Crippen molar-refractivity contribution < 1.29 is 0 Å². The number of aromatic nitrogens is 1. The number of nitrogen functional groups attached to an aromatic ring is 1. The highest BCUT2D eigenvalue weighted by atomic mass is 35.5. The molecule has 0 aliphatic heterocycles. The van der Waals surface area contributed by atoms with Crippen LogP contribution in [0, 0.1) is 0 Å². The van der Waals surface area contributed by atoms with Gasteiger partial charge >= 0.3 is 0 Å². The summed E-state index contributed by atoms with van der Waals surface area (Å²) >= 11 is 12.1. The highest BCUT2D eigenvalue weighted by molar-refractivity contribution is 6.37. The molecule has 1 aliphatic carbocycles. The highest BCUT2D eigenvalue weighted by Gasteiger charge is 2.20. The molecule has 0 amide bonds. The molecule has 5 heteroatoms. The van der Waals surface area contributed by atoms with Crippen molar-refractivity contribution in [3.8, 4) is 0 Å². The Kier molecular flexibility index (Phi) is 4.57. The Balaban J connectivity index is 2.21. The molecule has 1 saturated carbocycles. The van der Waals surface area contributed by atoms with E-state index < -0.39 is 0 Å². The van der Waals surface area contributed by atoms with Crippen LogP contribution in [0.3, 0.4) is 0 Å². The molecule has 0 radical (unpaired) electrons. The molecule has 1 fully saturated rings. The molecule has 0 saturated heterocycles. The van der Waals surface area contributed by atoms with E-state index in [1.54, 1.807) is 6.07 Å². The van der Waals surface area contributed by atoms with Gasteiger partial charge in [-0.25, -0.2) is 4.98 Å². The molecule has 1 heterocycles. The van der Waals surface area contributed by atoms with Crippen molar-refractivity contribution in [3.05, 3.63) is 16.1 Å². The molecule has 3 nitrogen and oxygen atoms in total. The van der Waals surface area contributed by atoms with Gasteiger partial charge in [0.05, 0.1) is 10.0 Å². The standard InChI is InChI=1S/C13H19Cl2N3/c1-18(9-6-4-2-3-5-7-9)13-11(15)8-10(14)12(16)17-13/h8-9H,2-7H2,1H3,(H2,16,17). The Labute approximate surface area is 118 Å². The number of hydrogen-bond acceptors (Lipinski definition) is 3. The van der Waals surface area contributed by atoms with Gasteiger partial charge in [-0.05, 0) is 18.9 Å². The fourth-order valence-electron chi connectivity index (χ4n) is 2.54. The predicted octanol–water partition coefficient (Wildman–Crippen LogP) is 4.13. The summed E-state index contributed by atoms with van der Waals surface area (Å²) in [5.74, 6) is 1.09. The van der Waals surface area contributed by atoms with Gasteiger partial charge in [0.15, 0.2) is 0 Å². The first-order valence-electron chi connectivity index (χ1n) is 6.44. The molecule has 0 bridgehead atoms. The second kappa shape index (κ2) is 5.98. The summed E-state index contributed by atoms with van der Waals surface area (Å²) in [5.41, 5.74) is 5.76. The van der Waals surface area contributed by atoms with Crippen LogP contribution >= 0.6 is 23.2 Å². The molecule has 18 heavy (non-hydrogen) atoms.